The zero-order valence-electron chi connectivity index (χ0n) is 26.3. The number of rotatable bonds is 4. The molecule has 0 radical (unpaired) electrons. The van der Waals surface area contributed by atoms with Crippen LogP contribution in [-0.2, 0) is 0 Å². The van der Waals surface area contributed by atoms with Gasteiger partial charge in [0.1, 0.15) is 6.17 Å². The third-order valence-corrected chi connectivity index (χ3v) is 10.2. The summed E-state index contributed by atoms with van der Waals surface area (Å²) in [6, 6.07) is 33.7. The van der Waals surface area contributed by atoms with E-state index in [0.717, 1.165) is 49.9 Å². The zero-order valence-corrected chi connectivity index (χ0v) is 26.3. The van der Waals surface area contributed by atoms with Crippen LogP contribution in [0.2, 0.25) is 0 Å². The summed E-state index contributed by atoms with van der Waals surface area (Å²) in [5.41, 5.74) is 18.2. The summed E-state index contributed by atoms with van der Waals surface area (Å²) in [6.07, 6.45) is 20.2. The topological polar surface area (TPSA) is 19.4 Å². The summed E-state index contributed by atoms with van der Waals surface area (Å²) >= 11 is 0. The Morgan fingerprint density at radius 3 is 2.33 bits per heavy atom. The summed E-state index contributed by atoms with van der Waals surface area (Å²) in [6.45, 7) is 0. The molecule has 3 heteroatoms. The number of fused-ring (bicyclic) bond motifs is 5. The Morgan fingerprint density at radius 1 is 0.696 bits per heavy atom. The molecule has 9 rings (SSSR count). The molecule has 3 aliphatic carbocycles. The number of aromatic nitrogens is 1. The van der Waals surface area contributed by atoms with E-state index in [9.17, 15) is 0 Å². The van der Waals surface area contributed by atoms with Crippen molar-refractivity contribution in [1.29, 1.82) is 0 Å². The molecule has 224 valence electrons. The third-order valence-electron chi connectivity index (χ3n) is 10.2. The van der Waals surface area contributed by atoms with Gasteiger partial charge in [0.05, 0.1) is 28.5 Å². The van der Waals surface area contributed by atoms with E-state index in [4.69, 9.17) is 4.98 Å². The number of hydrogen-bond acceptors (Lipinski definition) is 3. The Hall–Kier alpha value is -5.15. The minimum absolute atomic E-state index is 0.0635. The van der Waals surface area contributed by atoms with Crippen LogP contribution in [-0.4, -0.2) is 16.9 Å². The van der Waals surface area contributed by atoms with Crippen molar-refractivity contribution < 1.29 is 0 Å². The third kappa shape index (κ3) is 4.37. The Balaban J connectivity index is 1.12. The smallest absolute Gasteiger partial charge is 0.132 e. The first-order valence-electron chi connectivity index (χ1n) is 16.7. The number of hydrogen-bond donors (Lipinski definition) is 0. The van der Waals surface area contributed by atoms with E-state index in [1.807, 2.05) is 0 Å². The molecule has 1 saturated heterocycles. The van der Waals surface area contributed by atoms with Crippen molar-refractivity contribution in [3.63, 3.8) is 0 Å². The highest BCUT2D eigenvalue weighted by Crippen LogP contribution is 2.55. The van der Waals surface area contributed by atoms with E-state index in [-0.39, 0.29) is 6.17 Å². The van der Waals surface area contributed by atoms with Gasteiger partial charge in [0.15, 0.2) is 0 Å². The molecule has 1 unspecified atom stereocenters. The highest BCUT2D eigenvalue weighted by molar-refractivity contribution is 5.96. The quantitative estimate of drug-likeness (QED) is 0.234. The number of benzene rings is 3. The largest absolute Gasteiger partial charge is 0.349 e. The van der Waals surface area contributed by atoms with E-state index in [1.165, 1.54) is 67.2 Å². The second-order valence-corrected chi connectivity index (χ2v) is 12.9. The summed E-state index contributed by atoms with van der Waals surface area (Å²) in [4.78, 5) is 10.3. The minimum Gasteiger partial charge on any atom is -0.349 e. The predicted molar refractivity (Wildman–Crippen MR) is 191 cm³/mol. The van der Waals surface area contributed by atoms with Crippen molar-refractivity contribution in [2.75, 3.05) is 11.9 Å². The number of anilines is 1. The highest BCUT2D eigenvalue weighted by Gasteiger charge is 2.43. The van der Waals surface area contributed by atoms with E-state index in [1.54, 1.807) is 0 Å². The van der Waals surface area contributed by atoms with Gasteiger partial charge in [0.2, 0.25) is 0 Å². The summed E-state index contributed by atoms with van der Waals surface area (Å²) in [7, 11) is 2.27. The van der Waals surface area contributed by atoms with Crippen molar-refractivity contribution in [3.8, 4) is 11.1 Å². The van der Waals surface area contributed by atoms with Gasteiger partial charge >= 0.3 is 0 Å². The lowest BCUT2D eigenvalue weighted by atomic mass is 9.89. The van der Waals surface area contributed by atoms with Gasteiger partial charge in [0.25, 0.3) is 0 Å². The van der Waals surface area contributed by atoms with Crippen LogP contribution >= 0.6 is 0 Å². The van der Waals surface area contributed by atoms with Crippen LogP contribution in [0, 0.1) is 0 Å². The molecule has 1 fully saturated rings. The van der Waals surface area contributed by atoms with Crippen molar-refractivity contribution in [2.45, 2.75) is 44.7 Å². The van der Waals surface area contributed by atoms with Gasteiger partial charge in [-0.05, 0) is 113 Å². The van der Waals surface area contributed by atoms with Crippen LogP contribution in [0.15, 0.2) is 139 Å². The second-order valence-electron chi connectivity index (χ2n) is 12.9. The molecule has 0 N–H and O–H groups in total. The molecule has 0 amide bonds. The SMILES string of the molecule is CN1C2=CCCC3=C2N(c2ccccc2-c2ccccc23)C1c1cccc(C2=CCCC(c3cccc(C4=CC=CCC4)n3)=C2)c1. The molecule has 4 aromatic rings. The molecule has 2 aliphatic heterocycles. The van der Waals surface area contributed by atoms with E-state index in [2.05, 4.69) is 144 Å². The summed E-state index contributed by atoms with van der Waals surface area (Å²) in [5, 5.41) is 0. The van der Waals surface area contributed by atoms with E-state index < -0.39 is 0 Å². The molecule has 0 bridgehead atoms. The lowest BCUT2D eigenvalue weighted by Crippen LogP contribution is -2.28. The molecular weight excluding hydrogens is 558 g/mol. The normalized spacial score (nSPS) is 19.8. The second kappa shape index (κ2) is 11.0. The number of likely N-dealkylation sites (N-methyl/N-ethyl adjacent to an activating group) is 1. The molecule has 3 aromatic carbocycles. The molecule has 1 aromatic heterocycles. The maximum atomic E-state index is 5.14. The van der Waals surface area contributed by atoms with Crippen LogP contribution in [0.5, 0.6) is 0 Å². The Bertz CT molecular complexity index is 2080. The number of pyridine rings is 1. The molecule has 1 atom stereocenters. The average Bonchev–Trinajstić information content (AvgIpc) is 3.37. The van der Waals surface area contributed by atoms with Crippen molar-refractivity contribution in [3.05, 3.63) is 167 Å². The first-order valence-corrected chi connectivity index (χ1v) is 16.7. The number of nitrogens with zero attached hydrogens (tertiary/aromatic N) is 3. The van der Waals surface area contributed by atoms with Crippen LogP contribution < -0.4 is 4.90 Å². The maximum absolute atomic E-state index is 5.14. The fourth-order valence-electron chi connectivity index (χ4n) is 8.10. The molecule has 5 aliphatic rings. The van der Waals surface area contributed by atoms with Crippen molar-refractivity contribution >= 4 is 28.0 Å². The lowest BCUT2D eigenvalue weighted by Gasteiger charge is -2.32. The lowest BCUT2D eigenvalue weighted by molar-refractivity contribution is 0.360. The van der Waals surface area contributed by atoms with Gasteiger partial charge in [-0.3, -0.25) is 0 Å². The van der Waals surface area contributed by atoms with Crippen LogP contribution in [0.3, 0.4) is 0 Å². The first-order chi connectivity index (χ1) is 22.7. The monoisotopic (exact) mass is 595 g/mol. The van der Waals surface area contributed by atoms with Gasteiger partial charge in [-0.2, -0.15) is 0 Å². The Morgan fingerprint density at radius 2 is 1.46 bits per heavy atom. The minimum atomic E-state index is 0.0635. The first kappa shape index (κ1) is 27.2. The molecule has 0 spiro atoms. The molecule has 3 nitrogen and oxygen atoms in total. The molecule has 3 heterocycles. The molecular formula is C43H37N3. The van der Waals surface area contributed by atoms with Gasteiger partial charge < -0.3 is 9.80 Å². The molecule has 0 saturated carbocycles. The van der Waals surface area contributed by atoms with Gasteiger partial charge in [-0.1, -0.05) is 97.1 Å². The van der Waals surface area contributed by atoms with Gasteiger partial charge in [-0.15, -0.1) is 0 Å². The predicted octanol–water partition coefficient (Wildman–Crippen LogP) is 10.6. The van der Waals surface area contributed by atoms with Gasteiger partial charge in [0, 0.05) is 12.6 Å². The van der Waals surface area contributed by atoms with Crippen LogP contribution in [0.1, 0.15) is 72.8 Å². The maximum Gasteiger partial charge on any atom is 0.132 e. The zero-order chi connectivity index (χ0) is 30.6. The molecule has 46 heavy (non-hydrogen) atoms. The van der Waals surface area contributed by atoms with E-state index >= 15 is 0 Å². The van der Waals surface area contributed by atoms with Crippen molar-refractivity contribution in [1.82, 2.24) is 9.88 Å². The highest BCUT2D eigenvalue weighted by atomic mass is 15.4. The average molecular weight is 596 g/mol. The van der Waals surface area contributed by atoms with Crippen LogP contribution in [0.25, 0.3) is 33.4 Å². The fraction of sp³-hybridized carbons (Fsp3) is 0.186. The standard InChI is InChI=1S/C43H37N3/c1-45-41-26-11-22-37-35-20-6-5-19-34(35)36-21-7-8-25-40(36)46(42(37)41)43(45)33-18-10-16-31(28-33)30-15-9-17-32(27-30)39-24-12-23-38(44-39)29-13-3-2-4-14-29/h2-3,5-8,10,12-13,15-16,18-21,23-28,43H,4,9,11,14,17,22H2,1H3. The number of allylic oxidation sites excluding steroid dienone is 10. The van der Waals surface area contributed by atoms with E-state index in [0.29, 0.717) is 0 Å². The van der Waals surface area contributed by atoms with Crippen molar-refractivity contribution in [2.24, 2.45) is 0 Å². The van der Waals surface area contributed by atoms with Crippen LogP contribution in [0.4, 0.5) is 5.69 Å². The van der Waals surface area contributed by atoms with Gasteiger partial charge in [-0.25, -0.2) is 4.98 Å². The fourth-order valence-corrected chi connectivity index (χ4v) is 8.10. The Labute approximate surface area is 271 Å². The summed E-state index contributed by atoms with van der Waals surface area (Å²) in [5.74, 6) is 0. The Kier molecular flexibility index (Phi) is 6.52. The number of para-hydroxylation sites is 1. The summed E-state index contributed by atoms with van der Waals surface area (Å²) < 4.78 is 0.